The molecule has 0 aliphatic carbocycles. The van der Waals surface area contributed by atoms with Crippen LogP contribution >= 0.6 is 0 Å². The van der Waals surface area contributed by atoms with E-state index in [1.54, 1.807) is 0 Å². The molecule has 0 unspecified atom stereocenters. The van der Waals surface area contributed by atoms with E-state index in [1.165, 1.54) is 0 Å². The van der Waals surface area contributed by atoms with E-state index < -0.39 is 39.1 Å². The van der Waals surface area contributed by atoms with E-state index in [2.05, 4.69) is 0 Å². The van der Waals surface area contributed by atoms with Crippen LogP contribution in [0.4, 0.5) is 43.9 Å². The highest BCUT2D eigenvalue weighted by Gasteiger charge is 2.78. The number of halogens is 10. The number of hydrogen-bond donors (Lipinski definition) is 1. The van der Waals surface area contributed by atoms with E-state index in [0.29, 0.717) is 0 Å². The molecule has 0 saturated heterocycles. The normalized spacial score (nSPS) is 16.0. The summed E-state index contributed by atoms with van der Waals surface area (Å²) in [5, 5.41) is 0. The molecule has 116 valence electrons. The van der Waals surface area contributed by atoms with Gasteiger partial charge < -0.3 is 0 Å². The van der Waals surface area contributed by atoms with E-state index in [-0.39, 0.29) is 0 Å². The molecule has 0 aliphatic rings. The minimum atomic E-state index is -7.25. The molecule has 1 N–H and O–H groups in total. The summed E-state index contributed by atoms with van der Waals surface area (Å²) in [6.07, 6.45) is -14.3. The summed E-state index contributed by atoms with van der Waals surface area (Å²) in [6.45, 7) is 0. The van der Waals surface area contributed by atoms with Crippen molar-refractivity contribution in [2.24, 2.45) is 0 Å². The summed E-state index contributed by atoms with van der Waals surface area (Å²) >= 11 is 0. The minimum absolute atomic E-state index is 3.66. The SMILES string of the molecule is O=S(=O)(O)N(C(F)(F)C(F)(F)F)C(F)(F)C(F)(F)F. The second-order valence-electron chi connectivity index (χ2n) is 2.82. The van der Waals surface area contributed by atoms with Gasteiger partial charge in [0.05, 0.1) is 0 Å². The Balaban J connectivity index is 6.21. The van der Waals surface area contributed by atoms with Crippen LogP contribution in [0.5, 0.6) is 0 Å². The van der Waals surface area contributed by atoms with Gasteiger partial charge in [-0.2, -0.15) is 52.3 Å². The Hall–Kier alpha value is -0.830. The fourth-order valence-electron chi connectivity index (χ4n) is 0.696. The van der Waals surface area contributed by atoms with E-state index in [0.717, 1.165) is 0 Å². The van der Waals surface area contributed by atoms with Crippen LogP contribution in [-0.2, 0) is 10.3 Å². The van der Waals surface area contributed by atoms with Gasteiger partial charge in [0.15, 0.2) is 0 Å². The summed E-state index contributed by atoms with van der Waals surface area (Å²) in [5.74, 6) is 0. The average molecular weight is 333 g/mol. The van der Waals surface area contributed by atoms with Crippen LogP contribution in [0.3, 0.4) is 0 Å². The van der Waals surface area contributed by atoms with Crippen LogP contribution in [0.1, 0.15) is 0 Å². The molecule has 0 aromatic heterocycles. The molecule has 4 nitrogen and oxygen atoms in total. The first kappa shape index (κ1) is 18.2. The highest BCUT2D eigenvalue weighted by atomic mass is 32.2. The monoisotopic (exact) mass is 333 g/mol. The Labute approximate surface area is 97.0 Å². The fraction of sp³-hybridized carbons (Fsp3) is 1.00. The molecule has 0 heterocycles. The molecule has 0 amide bonds. The topological polar surface area (TPSA) is 57.6 Å². The molecule has 0 spiro atoms. The molecule has 0 aromatic rings. The lowest BCUT2D eigenvalue weighted by Crippen LogP contribution is -2.65. The Morgan fingerprint density at radius 1 is 0.684 bits per heavy atom. The molecule has 0 rings (SSSR count). The van der Waals surface area contributed by atoms with Gasteiger partial charge in [-0.1, -0.05) is 0 Å². The maximum Gasteiger partial charge on any atom is 0.470 e. The Morgan fingerprint density at radius 2 is 0.895 bits per heavy atom. The molecule has 0 radical (unpaired) electrons. The van der Waals surface area contributed by atoms with Gasteiger partial charge in [0, 0.05) is 0 Å². The largest absolute Gasteiger partial charge is 0.470 e. The summed E-state index contributed by atoms with van der Waals surface area (Å²) in [7, 11) is -7.25. The van der Waals surface area contributed by atoms with Crippen molar-refractivity contribution in [3.63, 3.8) is 0 Å². The molecule has 0 bridgehead atoms. The second kappa shape index (κ2) is 4.34. The van der Waals surface area contributed by atoms with Gasteiger partial charge in [0.1, 0.15) is 0 Å². The van der Waals surface area contributed by atoms with Crippen molar-refractivity contribution < 1.29 is 56.9 Å². The number of nitrogens with zero attached hydrogens (tertiary/aromatic N) is 1. The summed E-state index contributed by atoms with van der Waals surface area (Å²) < 4.78 is 144. The Kier molecular flexibility index (Phi) is 4.15. The van der Waals surface area contributed by atoms with Gasteiger partial charge in [-0.15, -0.1) is 0 Å². The Morgan fingerprint density at radius 3 is 1.00 bits per heavy atom. The third kappa shape index (κ3) is 3.19. The summed E-state index contributed by atoms with van der Waals surface area (Å²) in [4.78, 5) is 0. The number of rotatable bonds is 3. The van der Waals surface area contributed by atoms with Crippen molar-refractivity contribution >= 4 is 10.3 Å². The van der Waals surface area contributed by atoms with E-state index >= 15 is 0 Å². The van der Waals surface area contributed by atoms with Crippen LogP contribution < -0.4 is 0 Å². The van der Waals surface area contributed by atoms with E-state index in [4.69, 9.17) is 4.55 Å². The molecular formula is C4HF10NO3S. The lowest BCUT2D eigenvalue weighted by molar-refractivity contribution is -0.407. The van der Waals surface area contributed by atoms with Crippen LogP contribution in [0.25, 0.3) is 0 Å². The van der Waals surface area contributed by atoms with Gasteiger partial charge in [0.25, 0.3) is 0 Å². The smallest absolute Gasteiger partial charge is 0.273 e. The van der Waals surface area contributed by atoms with Crippen LogP contribution in [0.15, 0.2) is 0 Å². The first-order chi connectivity index (χ1) is 7.87. The predicted molar refractivity (Wildman–Crippen MR) is 35.4 cm³/mol. The van der Waals surface area contributed by atoms with Crippen molar-refractivity contribution in [2.45, 2.75) is 24.4 Å². The fourth-order valence-corrected chi connectivity index (χ4v) is 1.48. The Bertz CT molecular complexity index is 409. The van der Waals surface area contributed by atoms with E-state index in [9.17, 15) is 52.3 Å². The molecule has 15 heteroatoms. The average Bonchev–Trinajstić information content (AvgIpc) is 1.93. The first-order valence-corrected chi connectivity index (χ1v) is 4.93. The number of alkyl halides is 10. The predicted octanol–water partition coefficient (Wildman–Crippen LogP) is 2.40. The van der Waals surface area contributed by atoms with Crippen molar-refractivity contribution in [1.82, 2.24) is 4.31 Å². The van der Waals surface area contributed by atoms with Gasteiger partial charge >= 0.3 is 34.7 Å². The summed E-state index contributed by atoms with van der Waals surface area (Å²) in [6, 6.07) is -14.4. The molecule has 0 fully saturated rings. The quantitative estimate of drug-likeness (QED) is 0.490. The van der Waals surface area contributed by atoms with E-state index in [1.807, 2.05) is 0 Å². The minimum Gasteiger partial charge on any atom is -0.273 e. The highest BCUT2D eigenvalue weighted by Crippen LogP contribution is 2.49. The first-order valence-electron chi connectivity index (χ1n) is 3.54. The maximum atomic E-state index is 12.4. The van der Waals surface area contributed by atoms with Crippen LogP contribution in [0, 0.1) is 0 Å². The highest BCUT2D eigenvalue weighted by molar-refractivity contribution is 7.83. The van der Waals surface area contributed by atoms with Crippen molar-refractivity contribution in [3.05, 3.63) is 0 Å². The molecular weight excluding hydrogens is 332 g/mol. The van der Waals surface area contributed by atoms with Crippen LogP contribution in [0.2, 0.25) is 0 Å². The lowest BCUT2D eigenvalue weighted by atomic mass is 10.4. The molecule has 0 saturated carbocycles. The standard InChI is InChI=1S/C4HF10NO3S/c5-1(6,7)3(11,12)15(19(16,17)18)4(13,14)2(8,9)10/h(H,16,17,18). The zero-order valence-corrected chi connectivity index (χ0v) is 8.72. The molecule has 0 atom stereocenters. The van der Waals surface area contributed by atoms with Gasteiger partial charge in [0.2, 0.25) is 0 Å². The molecule has 19 heavy (non-hydrogen) atoms. The third-order valence-corrected chi connectivity index (χ3v) is 2.34. The zero-order valence-electron chi connectivity index (χ0n) is 7.90. The lowest BCUT2D eigenvalue weighted by Gasteiger charge is -2.34. The third-order valence-electron chi connectivity index (χ3n) is 1.42. The van der Waals surface area contributed by atoms with Gasteiger partial charge in [-0.3, -0.25) is 4.55 Å². The van der Waals surface area contributed by atoms with Gasteiger partial charge in [-0.25, -0.2) is 0 Å². The molecule has 0 aromatic carbocycles. The van der Waals surface area contributed by atoms with Gasteiger partial charge in [-0.05, 0) is 4.31 Å². The number of hydrogen-bond acceptors (Lipinski definition) is 2. The second-order valence-corrected chi connectivity index (χ2v) is 4.08. The van der Waals surface area contributed by atoms with Crippen molar-refractivity contribution in [2.75, 3.05) is 0 Å². The maximum absolute atomic E-state index is 12.4. The molecule has 0 aliphatic heterocycles. The zero-order chi connectivity index (χ0) is 16.1. The van der Waals surface area contributed by atoms with Crippen molar-refractivity contribution in [3.8, 4) is 0 Å². The van der Waals surface area contributed by atoms with Crippen molar-refractivity contribution in [1.29, 1.82) is 0 Å². The summed E-state index contributed by atoms with van der Waals surface area (Å²) in [5.41, 5.74) is 0. The van der Waals surface area contributed by atoms with Crippen LogP contribution in [-0.4, -0.2) is 41.7 Å².